The Kier molecular flexibility index (Phi) is 8.11. The lowest BCUT2D eigenvalue weighted by molar-refractivity contribution is -0.303. The number of amides is 1. The first-order valence-corrected chi connectivity index (χ1v) is 8.98. The van der Waals surface area contributed by atoms with Gasteiger partial charge in [0.15, 0.2) is 11.6 Å². The summed E-state index contributed by atoms with van der Waals surface area (Å²) in [4.78, 5) is 19.2. The number of alkyl halides is 3. The predicted molar refractivity (Wildman–Crippen MR) is 113 cm³/mol. The molecule has 7 nitrogen and oxygen atoms in total. The average Bonchev–Trinajstić information content (AvgIpc) is 2.69. The van der Waals surface area contributed by atoms with E-state index in [9.17, 15) is 22.4 Å². The fraction of sp³-hybridized carbons (Fsp3) is 0.0952. The molecule has 0 saturated carbocycles. The van der Waals surface area contributed by atoms with E-state index in [1.807, 2.05) is 0 Å². The number of ether oxygens (including phenoxy) is 1. The second kappa shape index (κ2) is 10.8. The van der Waals surface area contributed by atoms with E-state index in [-0.39, 0.29) is 17.5 Å². The van der Waals surface area contributed by atoms with E-state index in [0.717, 1.165) is 18.3 Å². The highest BCUT2D eigenvalue weighted by molar-refractivity contribution is 5.99. The quantitative estimate of drug-likeness (QED) is 0.206. The number of halogens is 4. The molecule has 2 aromatic rings. The van der Waals surface area contributed by atoms with Crippen LogP contribution in [0.3, 0.4) is 0 Å². The van der Waals surface area contributed by atoms with E-state index in [1.165, 1.54) is 6.08 Å². The van der Waals surface area contributed by atoms with E-state index in [0.29, 0.717) is 11.4 Å². The number of hydrogen-bond acceptors (Lipinski definition) is 6. The van der Waals surface area contributed by atoms with E-state index in [2.05, 4.69) is 43.8 Å². The van der Waals surface area contributed by atoms with Gasteiger partial charge in [-0.1, -0.05) is 25.3 Å². The number of nitrogens with zero attached hydrogens (tertiary/aromatic N) is 2. The lowest BCUT2D eigenvalue weighted by Gasteiger charge is -2.12. The van der Waals surface area contributed by atoms with Gasteiger partial charge in [0.25, 0.3) is 0 Å². The van der Waals surface area contributed by atoms with Gasteiger partial charge < -0.3 is 20.7 Å². The summed E-state index contributed by atoms with van der Waals surface area (Å²) in [5, 5.41) is 7.98. The van der Waals surface area contributed by atoms with Crippen LogP contribution in [0.15, 0.2) is 79.4 Å². The van der Waals surface area contributed by atoms with Crippen molar-refractivity contribution < 1.29 is 27.1 Å². The van der Waals surface area contributed by atoms with Crippen molar-refractivity contribution in [3.8, 4) is 0 Å². The molecule has 0 bridgehead atoms. The Hall–Kier alpha value is -4.15. The van der Waals surface area contributed by atoms with E-state index >= 15 is 0 Å². The standard InChI is InChI=1S/C21H19F4N5O2/c1-4-7-14(10-13(3)32-21(23,24)25)29-20-26-12-17(22)19(30-20)28-16-9-6-8-15(11-16)27-18(31)5-2/h4-12H,2-3H2,1H3,(H,27,31)(H2,26,28,29,30)/b7-4-,14-10+. The van der Waals surface area contributed by atoms with Crippen LogP contribution in [0.25, 0.3) is 0 Å². The molecule has 0 radical (unpaired) electrons. The van der Waals surface area contributed by atoms with Gasteiger partial charge in [-0.05, 0) is 37.3 Å². The maximum atomic E-state index is 14.2. The molecular weight excluding hydrogens is 430 g/mol. The third-order valence-electron chi connectivity index (χ3n) is 3.49. The van der Waals surface area contributed by atoms with Gasteiger partial charge in [0.1, 0.15) is 5.76 Å². The first-order chi connectivity index (χ1) is 15.1. The summed E-state index contributed by atoms with van der Waals surface area (Å²) < 4.78 is 55.0. The number of carbonyl (C=O) groups excluding carboxylic acids is 1. The summed E-state index contributed by atoms with van der Waals surface area (Å²) in [6.07, 6.45) is 1.06. The smallest absolute Gasteiger partial charge is 0.406 e. The Labute approximate surface area is 181 Å². The van der Waals surface area contributed by atoms with Crippen LogP contribution in [0.1, 0.15) is 6.92 Å². The number of allylic oxidation sites excluding steroid dienone is 3. The highest BCUT2D eigenvalue weighted by atomic mass is 19.4. The van der Waals surface area contributed by atoms with Crippen molar-refractivity contribution in [1.29, 1.82) is 0 Å². The summed E-state index contributed by atoms with van der Waals surface area (Å²) in [7, 11) is 0. The molecule has 11 heteroatoms. The molecular formula is C21H19F4N5O2. The minimum atomic E-state index is -4.89. The summed E-state index contributed by atoms with van der Waals surface area (Å²) in [6.45, 7) is 8.18. The zero-order valence-electron chi connectivity index (χ0n) is 16.8. The Morgan fingerprint density at radius 2 is 1.94 bits per heavy atom. The van der Waals surface area contributed by atoms with Crippen molar-refractivity contribution in [3.63, 3.8) is 0 Å². The molecule has 1 heterocycles. The summed E-state index contributed by atoms with van der Waals surface area (Å²) in [5.41, 5.74) is 0.967. The van der Waals surface area contributed by atoms with Crippen LogP contribution in [-0.2, 0) is 9.53 Å². The third-order valence-corrected chi connectivity index (χ3v) is 3.49. The first-order valence-electron chi connectivity index (χ1n) is 8.98. The number of carbonyl (C=O) groups is 1. The molecule has 0 aliphatic heterocycles. The maximum Gasteiger partial charge on any atom is 0.573 e. The van der Waals surface area contributed by atoms with Crippen LogP contribution in [-0.4, -0.2) is 22.2 Å². The van der Waals surface area contributed by atoms with E-state index < -0.39 is 23.8 Å². The van der Waals surface area contributed by atoms with Crippen molar-refractivity contribution >= 4 is 29.0 Å². The lowest BCUT2D eigenvalue weighted by atomic mass is 10.2. The van der Waals surface area contributed by atoms with E-state index in [1.54, 1.807) is 37.3 Å². The van der Waals surface area contributed by atoms with Crippen molar-refractivity contribution in [2.45, 2.75) is 13.3 Å². The van der Waals surface area contributed by atoms with E-state index in [4.69, 9.17) is 0 Å². The molecule has 0 unspecified atom stereocenters. The zero-order valence-corrected chi connectivity index (χ0v) is 16.8. The van der Waals surface area contributed by atoms with Gasteiger partial charge in [-0.2, -0.15) is 4.98 Å². The largest absolute Gasteiger partial charge is 0.573 e. The highest BCUT2D eigenvalue weighted by Gasteiger charge is 2.31. The summed E-state index contributed by atoms with van der Waals surface area (Å²) in [6, 6.07) is 6.40. The van der Waals surface area contributed by atoms with Crippen molar-refractivity contribution in [2.24, 2.45) is 0 Å². The second-order valence-electron chi connectivity index (χ2n) is 6.03. The molecule has 0 aliphatic carbocycles. The zero-order chi connectivity index (χ0) is 23.7. The Morgan fingerprint density at radius 3 is 2.59 bits per heavy atom. The molecule has 1 amide bonds. The first kappa shape index (κ1) is 24.1. The number of benzene rings is 1. The van der Waals surface area contributed by atoms with Gasteiger partial charge in [-0.15, -0.1) is 13.2 Å². The Bertz CT molecular complexity index is 1060. The monoisotopic (exact) mass is 449 g/mol. The second-order valence-corrected chi connectivity index (χ2v) is 6.03. The van der Waals surface area contributed by atoms with Gasteiger partial charge in [-0.3, -0.25) is 4.79 Å². The molecule has 0 aliphatic rings. The minimum absolute atomic E-state index is 0.103. The van der Waals surface area contributed by atoms with Gasteiger partial charge >= 0.3 is 6.36 Å². The number of anilines is 4. The molecule has 3 N–H and O–H groups in total. The Morgan fingerprint density at radius 1 is 1.22 bits per heavy atom. The van der Waals surface area contributed by atoms with Gasteiger partial charge in [0, 0.05) is 23.1 Å². The lowest BCUT2D eigenvalue weighted by Crippen LogP contribution is -2.12. The molecule has 0 saturated heterocycles. The molecule has 0 atom stereocenters. The van der Waals surface area contributed by atoms with Gasteiger partial charge in [-0.25, -0.2) is 9.37 Å². The molecule has 0 fully saturated rings. The normalized spacial score (nSPS) is 11.7. The maximum absolute atomic E-state index is 14.2. The van der Waals surface area contributed by atoms with Crippen LogP contribution < -0.4 is 16.0 Å². The topological polar surface area (TPSA) is 88.2 Å². The number of nitrogens with one attached hydrogen (secondary N) is 3. The fourth-order valence-electron chi connectivity index (χ4n) is 2.31. The third kappa shape index (κ3) is 7.94. The van der Waals surface area contributed by atoms with Crippen LogP contribution in [0.5, 0.6) is 0 Å². The van der Waals surface area contributed by atoms with Crippen LogP contribution in [0.4, 0.5) is 40.7 Å². The molecule has 1 aromatic carbocycles. The fourth-order valence-corrected chi connectivity index (χ4v) is 2.31. The molecule has 32 heavy (non-hydrogen) atoms. The highest BCUT2D eigenvalue weighted by Crippen LogP contribution is 2.23. The van der Waals surface area contributed by atoms with Crippen molar-refractivity contribution in [2.75, 3.05) is 16.0 Å². The molecule has 2 rings (SSSR count). The minimum Gasteiger partial charge on any atom is -0.406 e. The molecule has 0 spiro atoms. The summed E-state index contributed by atoms with van der Waals surface area (Å²) >= 11 is 0. The molecule has 168 valence electrons. The molecule has 1 aromatic heterocycles. The van der Waals surface area contributed by atoms with Crippen molar-refractivity contribution in [1.82, 2.24) is 9.97 Å². The Balaban J connectivity index is 2.23. The number of rotatable bonds is 9. The predicted octanol–water partition coefficient (Wildman–Crippen LogP) is 5.41. The van der Waals surface area contributed by atoms with Gasteiger partial charge in [0.2, 0.25) is 11.9 Å². The van der Waals surface area contributed by atoms with Crippen LogP contribution in [0, 0.1) is 5.82 Å². The number of aromatic nitrogens is 2. The van der Waals surface area contributed by atoms with Gasteiger partial charge in [0.05, 0.1) is 6.20 Å². The van der Waals surface area contributed by atoms with Crippen LogP contribution >= 0.6 is 0 Å². The SMILES string of the molecule is C=CC(=O)Nc1cccc(Nc2nc(NC(/C=C\C)=C/C(=C)OC(F)(F)F)ncc2F)c1. The number of hydrogen-bond donors (Lipinski definition) is 3. The average molecular weight is 449 g/mol. The van der Waals surface area contributed by atoms with Crippen molar-refractivity contribution in [3.05, 3.63) is 85.2 Å². The van der Waals surface area contributed by atoms with Crippen LogP contribution in [0.2, 0.25) is 0 Å². The summed E-state index contributed by atoms with van der Waals surface area (Å²) in [5.74, 6) is -2.18.